The van der Waals surface area contributed by atoms with E-state index < -0.39 is 4.92 Å². The summed E-state index contributed by atoms with van der Waals surface area (Å²) in [7, 11) is 0. The lowest BCUT2D eigenvalue weighted by molar-refractivity contribution is -0.384. The van der Waals surface area contributed by atoms with Crippen molar-refractivity contribution in [2.75, 3.05) is 18.1 Å². The number of halogens is 1. The minimum Gasteiger partial charge on any atom is -0.464 e. The second-order valence-corrected chi connectivity index (χ2v) is 5.36. The lowest BCUT2D eigenvalue weighted by Crippen LogP contribution is -2.37. The van der Waals surface area contributed by atoms with E-state index in [2.05, 4.69) is 0 Å². The molecule has 1 aliphatic rings. The number of benzene rings is 1. The number of carbonyl (C=O) groups excluding carboxylic acids is 1. The average molecular weight is 313 g/mol. The molecule has 0 saturated carbocycles. The first-order valence-corrected chi connectivity index (χ1v) is 7.21. The number of ether oxygens (including phenoxy) is 1. The third kappa shape index (κ3) is 3.10. The third-order valence-corrected chi connectivity index (χ3v) is 3.89. The number of carbonyl (C=O) groups is 1. The first-order chi connectivity index (χ1) is 9.95. The van der Waals surface area contributed by atoms with Crippen molar-refractivity contribution in [2.24, 2.45) is 0 Å². The summed E-state index contributed by atoms with van der Waals surface area (Å²) in [5, 5.41) is 11.0. The van der Waals surface area contributed by atoms with E-state index in [9.17, 15) is 14.9 Å². The molecule has 114 valence electrons. The third-order valence-electron chi connectivity index (χ3n) is 3.58. The molecule has 21 heavy (non-hydrogen) atoms. The van der Waals surface area contributed by atoms with Crippen molar-refractivity contribution >= 4 is 28.9 Å². The van der Waals surface area contributed by atoms with Crippen LogP contribution >= 0.6 is 11.6 Å². The molecule has 0 spiro atoms. The maximum Gasteiger partial charge on any atom is 0.328 e. The Kier molecular flexibility index (Phi) is 4.67. The van der Waals surface area contributed by atoms with E-state index in [0.717, 1.165) is 17.7 Å². The van der Waals surface area contributed by atoms with Crippen LogP contribution in [0.4, 0.5) is 11.4 Å². The molecule has 0 bridgehead atoms. The highest BCUT2D eigenvalue weighted by Gasteiger charge is 2.33. The van der Waals surface area contributed by atoms with Gasteiger partial charge in [0.05, 0.1) is 11.5 Å². The minimum absolute atomic E-state index is 0.0788. The van der Waals surface area contributed by atoms with Crippen LogP contribution in [0.15, 0.2) is 12.1 Å². The highest BCUT2D eigenvalue weighted by Crippen LogP contribution is 2.36. The summed E-state index contributed by atoms with van der Waals surface area (Å²) in [5.74, 6) is -0.260. The number of hydrogen-bond donors (Lipinski definition) is 0. The highest BCUT2D eigenvalue weighted by molar-refractivity contribution is 6.33. The predicted molar refractivity (Wildman–Crippen MR) is 79.8 cm³/mol. The standard InChI is InChI=1S/C14H17ClN2O4/c1-3-21-14(18)11-5-4-6-16(11)12-8-10(15)13(17(19)20)7-9(12)2/h7-8,11H,3-6H2,1-2H3. The van der Waals surface area contributed by atoms with E-state index >= 15 is 0 Å². The Labute approximate surface area is 127 Å². The molecule has 6 nitrogen and oxygen atoms in total. The van der Waals surface area contributed by atoms with E-state index in [4.69, 9.17) is 16.3 Å². The molecule has 1 unspecified atom stereocenters. The van der Waals surface area contributed by atoms with Crippen molar-refractivity contribution in [1.29, 1.82) is 0 Å². The van der Waals surface area contributed by atoms with Crippen molar-refractivity contribution in [1.82, 2.24) is 0 Å². The van der Waals surface area contributed by atoms with Gasteiger partial charge < -0.3 is 9.64 Å². The number of esters is 1. The Morgan fingerprint density at radius 1 is 1.57 bits per heavy atom. The summed E-state index contributed by atoms with van der Waals surface area (Å²) in [6, 6.07) is 2.66. The molecule has 1 aromatic rings. The number of hydrogen-bond acceptors (Lipinski definition) is 5. The first kappa shape index (κ1) is 15.6. The van der Waals surface area contributed by atoms with Gasteiger partial charge in [-0.15, -0.1) is 0 Å². The van der Waals surface area contributed by atoms with Crippen LogP contribution in [-0.2, 0) is 9.53 Å². The fourth-order valence-electron chi connectivity index (χ4n) is 2.64. The monoisotopic (exact) mass is 312 g/mol. The van der Waals surface area contributed by atoms with Crippen LogP contribution in [0.3, 0.4) is 0 Å². The molecule has 1 fully saturated rings. The van der Waals surface area contributed by atoms with Crippen molar-refractivity contribution in [3.05, 3.63) is 32.8 Å². The summed E-state index contributed by atoms with van der Waals surface area (Å²) in [5.41, 5.74) is 1.35. The predicted octanol–water partition coefficient (Wildman–Crippen LogP) is 3.09. The molecule has 0 radical (unpaired) electrons. The quantitative estimate of drug-likeness (QED) is 0.485. The topological polar surface area (TPSA) is 72.7 Å². The molecule has 1 saturated heterocycles. The molecule has 0 N–H and O–H groups in total. The van der Waals surface area contributed by atoms with Gasteiger partial charge in [-0.05, 0) is 38.3 Å². The largest absolute Gasteiger partial charge is 0.464 e. The number of nitro groups is 1. The average Bonchev–Trinajstić information content (AvgIpc) is 2.90. The second-order valence-electron chi connectivity index (χ2n) is 4.95. The van der Waals surface area contributed by atoms with Crippen LogP contribution in [0.2, 0.25) is 5.02 Å². The minimum atomic E-state index is -0.508. The summed E-state index contributed by atoms with van der Waals surface area (Å²) in [4.78, 5) is 24.3. The van der Waals surface area contributed by atoms with Crippen LogP contribution < -0.4 is 4.90 Å². The molecule has 1 heterocycles. The van der Waals surface area contributed by atoms with Gasteiger partial charge >= 0.3 is 5.97 Å². The molecular formula is C14H17ClN2O4. The second kappa shape index (κ2) is 6.30. The maximum absolute atomic E-state index is 12.0. The van der Waals surface area contributed by atoms with Gasteiger partial charge in [0.15, 0.2) is 0 Å². The fraction of sp³-hybridized carbons (Fsp3) is 0.500. The Bertz CT molecular complexity index is 576. The van der Waals surface area contributed by atoms with Crippen molar-refractivity contribution in [2.45, 2.75) is 32.7 Å². The van der Waals surface area contributed by atoms with Gasteiger partial charge in [0.1, 0.15) is 11.1 Å². The molecule has 7 heteroatoms. The lowest BCUT2D eigenvalue weighted by Gasteiger charge is -2.26. The van der Waals surface area contributed by atoms with Crippen LogP contribution in [0, 0.1) is 17.0 Å². The number of nitrogens with zero attached hydrogens (tertiary/aromatic N) is 2. The zero-order chi connectivity index (χ0) is 15.6. The smallest absolute Gasteiger partial charge is 0.328 e. The van der Waals surface area contributed by atoms with E-state index in [0.29, 0.717) is 19.6 Å². The molecular weight excluding hydrogens is 296 g/mol. The Balaban J connectivity index is 2.35. The van der Waals surface area contributed by atoms with Crippen molar-refractivity contribution < 1.29 is 14.5 Å². The number of anilines is 1. The molecule has 2 rings (SSSR count). The molecule has 1 aliphatic heterocycles. The molecule has 1 atom stereocenters. The van der Waals surface area contributed by atoms with Crippen LogP contribution in [0.1, 0.15) is 25.3 Å². The number of nitro benzene ring substituents is 1. The van der Waals surface area contributed by atoms with Gasteiger partial charge in [-0.1, -0.05) is 11.6 Å². The zero-order valence-corrected chi connectivity index (χ0v) is 12.7. The Morgan fingerprint density at radius 3 is 2.90 bits per heavy atom. The lowest BCUT2D eigenvalue weighted by atomic mass is 10.1. The normalized spacial score (nSPS) is 17.9. The van der Waals surface area contributed by atoms with Gasteiger partial charge in [-0.2, -0.15) is 0 Å². The summed E-state index contributed by atoms with van der Waals surface area (Å²) in [6.07, 6.45) is 1.59. The van der Waals surface area contributed by atoms with E-state index in [-0.39, 0.29) is 22.7 Å². The summed E-state index contributed by atoms with van der Waals surface area (Å²) in [6.45, 7) is 4.59. The van der Waals surface area contributed by atoms with Crippen molar-refractivity contribution in [3.8, 4) is 0 Å². The van der Waals surface area contributed by atoms with Gasteiger partial charge in [0, 0.05) is 18.3 Å². The molecule has 0 amide bonds. The SMILES string of the molecule is CCOC(=O)C1CCCN1c1cc(Cl)c([N+](=O)[O-])cc1C. The highest BCUT2D eigenvalue weighted by atomic mass is 35.5. The fourth-order valence-corrected chi connectivity index (χ4v) is 2.87. The van der Waals surface area contributed by atoms with Crippen molar-refractivity contribution in [3.63, 3.8) is 0 Å². The van der Waals surface area contributed by atoms with Gasteiger partial charge in [-0.3, -0.25) is 10.1 Å². The summed E-state index contributed by atoms with van der Waals surface area (Å²) < 4.78 is 5.09. The van der Waals surface area contributed by atoms with Gasteiger partial charge in [0.25, 0.3) is 5.69 Å². The van der Waals surface area contributed by atoms with Gasteiger partial charge in [-0.25, -0.2) is 4.79 Å². The Hall–Kier alpha value is -1.82. The molecule has 0 aliphatic carbocycles. The summed E-state index contributed by atoms with van der Waals surface area (Å²) >= 11 is 5.98. The maximum atomic E-state index is 12.0. The van der Waals surface area contributed by atoms with Gasteiger partial charge in [0.2, 0.25) is 0 Å². The number of aryl methyl sites for hydroxylation is 1. The number of rotatable bonds is 4. The first-order valence-electron chi connectivity index (χ1n) is 6.83. The molecule has 0 aromatic heterocycles. The van der Waals surface area contributed by atoms with Crippen LogP contribution in [-0.4, -0.2) is 30.1 Å². The van der Waals surface area contributed by atoms with E-state index in [1.165, 1.54) is 6.07 Å². The molecule has 1 aromatic carbocycles. The van der Waals surface area contributed by atoms with Crippen LogP contribution in [0.25, 0.3) is 0 Å². The van der Waals surface area contributed by atoms with E-state index in [1.54, 1.807) is 19.9 Å². The zero-order valence-electron chi connectivity index (χ0n) is 12.0. The van der Waals surface area contributed by atoms with E-state index in [1.807, 2.05) is 4.90 Å². The van der Waals surface area contributed by atoms with Crippen LogP contribution in [0.5, 0.6) is 0 Å². The Morgan fingerprint density at radius 2 is 2.29 bits per heavy atom.